The number of para-hydroxylation sites is 1. The Morgan fingerprint density at radius 3 is 2.52 bits per heavy atom. The third-order valence-electron chi connectivity index (χ3n) is 3.27. The first kappa shape index (κ1) is 17.5. The number of hydrogen-bond donors (Lipinski definition) is 1. The van der Waals surface area contributed by atoms with Crippen LogP contribution in [-0.2, 0) is 9.53 Å². The average molecular weight is 293 g/mol. The van der Waals surface area contributed by atoms with Gasteiger partial charge in [0.1, 0.15) is 11.3 Å². The summed E-state index contributed by atoms with van der Waals surface area (Å²) >= 11 is 0. The van der Waals surface area contributed by atoms with Crippen molar-refractivity contribution in [2.24, 2.45) is 0 Å². The van der Waals surface area contributed by atoms with E-state index in [1.165, 1.54) is 0 Å². The van der Waals surface area contributed by atoms with Gasteiger partial charge >= 0.3 is 5.97 Å². The van der Waals surface area contributed by atoms with Crippen molar-refractivity contribution < 1.29 is 14.3 Å². The molecule has 1 aromatic carbocycles. The van der Waals surface area contributed by atoms with Crippen molar-refractivity contribution >= 4 is 5.97 Å². The summed E-state index contributed by atoms with van der Waals surface area (Å²) in [6, 6.07) is 9.64. The predicted molar refractivity (Wildman–Crippen MR) is 84.5 cm³/mol. The molecule has 0 aliphatic carbocycles. The first-order valence-corrected chi connectivity index (χ1v) is 7.65. The molecule has 118 valence electrons. The van der Waals surface area contributed by atoms with E-state index in [0.717, 1.165) is 18.7 Å². The molecule has 0 fully saturated rings. The highest BCUT2D eigenvalue weighted by Gasteiger charge is 2.36. The fourth-order valence-corrected chi connectivity index (χ4v) is 2.27. The van der Waals surface area contributed by atoms with E-state index in [1.54, 1.807) is 0 Å². The monoisotopic (exact) mass is 293 g/mol. The zero-order valence-corrected chi connectivity index (χ0v) is 13.5. The van der Waals surface area contributed by atoms with Crippen LogP contribution in [0.3, 0.4) is 0 Å². The highest BCUT2D eigenvalue weighted by atomic mass is 16.5. The minimum Gasteiger partial charge on any atom is -0.491 e. The van der Waals surface area contributed by atoms with E-state index in [4.69, 9.17) is 9.47 Å². The molecule has 2 atom stereocenters. The number of rotatable bonds is 9. The van der Waals surface area contributed by atoms with Gasteiger partial charge in [-0.2, -0.15) is 0 Å². The molecule has 21 heavy (non-hydrogen) atoms. The van der Waals surface area contributed by atoms with Gasteiger partial charge in [0.2, 0.25) is 0 Å². The molecule has 0 radical (unpaired) electrons. The lowest BCUT2D eigenvalue weighted by atomic mass is 9.94. The van der Waals surface area contributed by atoms with Crippen molar-refractivity contribution in [3.8, 4) is 5.75 Å². The zero-order chi connectivity index (χ0) is 15.7. The van der Waals surface area contributed by atoms with Crippen LogP contribution in [0.25, 0.3) is 0 Å². The predicted octanol–water partition coefficient (Wildman–Crippen LogP) is 3.17. The van der Waals surface area contributed by atoms with E-state index in [2.05, 4.69) is 12.2 Å². The van der Waals surface area contributed by atoms with Crippen molar-refractivity contribution in [1.82, 2.24) is 5.32 Å². The lowest BCUT2D eigenvalue weighted by Gasteiger charge is -2.31. The summed E-state index contributed by atoms with van der Waals surface area (Å²) in [5, 5.41) is 3.29. The molecule has 0 bridgehead atoms. The van der Waals surface area contributed by atoms with Crippen molar-refractivity contribution in [2.75, 3.05) is 13.2 Å². The number of esters is 1. The maximum absolute atomic E-state index is 12.2. The lowest BCUT2D eigenvalue weighted by Crippen LogP contribution is -2.53. The molecule has 0 aliphatic heterocycles. The van der Waals surface area contributed by atoms with Crippen molar-refractivity contribution in [2.45, 2.75) is 52.2 Å². The first-order chi connectivity index (χ1) is 10.0. The molecule has 4 heteroatoms. The van der Waals surface area contributed by atoms with Gasteiger partial charge in [-0.1, -0.05) is 25.1 Å². The molecule has 0 heterocycles. The number of carbonyl (C=O) groups excluding carboxylic acids is 1. The largest absolute Gasteiger partial charge is 0.491 e. The standard InChI is InChI=1S/C17H27NO3/c1-5-12-18-17(4,16(19)20-6-2)13-14(3)21-15-10-8-7-9-11-15/h7-11,14,18H,5-6,12-13H2,1-4H3. The highest BCUT2D eigenvalue weighted by Crippen LogP contribution is 2.19. The third kappa shape index (κ3) is 5.76. The molecule has 4 nitrogen and oxygen atoms in total. The summed E-state index contributed by atoms with van der Waals surface area (Å²) in [6.07, 6.45) is 1.43. The van der Waals surface area contributed by atoms with Crippen LogP contribution in [0.2, 0.25) is 0 Å². The Hall–Kier alpha value is -1.55. The van der Waals surface area contributed by atoms with E-state index in [0.29, 0.717) is 13.0 Å². The van der Waals surface area contributed by atoms with Crippen LogP contribution in [0.4, 0.5) is 0 Å². The highest BCUT2D eigenvalue weighted by molar-refractivity contribution is 5.80. The van der Waals surface area contributed by atoms with Gasteiger partial charge < -0.3 is 14.8 Å². The van der Waals surface area contributed by atoms with Crippen molar-refractivity contribution in [1.29, 1.82) is 0 Å². The Morgan fingerprint density at radius 1 is 1.29 bits per heavy atom. The molecule has 1 N–H and O–H groups in total. The fourth-order valence-electron chi connectivity index (χ4n) is 2.27. The van der Waals surface area contributed by atoms with Gasteiger partial charge in [-0.3, -0.25) is 4.79 Å². The zero-order valence-electron chi connectivity index (χ0n) is 13.5. The molecular weight excluding hydrogens is 266 g/mol. The van der Waals surface area contributed by atoms with Crippen LogP contribution < -0.4 is 10.1 Å². The van der Waals surface area contributed by atoms with E-state index >= 15 is 0 Å². The third-order valence-corrected chi connectivity index (χ3v) is 3.27. The van der Waals surface area contributed by atoms with Gasteiger partial charge in [-0.25, -0.2) is 0 Å². The van der Waals surface area contributed by atoms with Crippen LogP contribution in [0.1, 0.15) is 40.5 Å². The molecule has 0 saturated carbocycles. The van der Waals surface area contributed by atoms with Gasteiger partial charge in [0.05, 0.1) is 12.7 Å². The Labute approximate surface area is 127 Å². The second-order valence-corrected chi connectivity index (χ2v) is 5.42. The quantitative estimate of drug-likeness (QED) is 0.710. The topological polar surface area (TPSA) is 47.6 Å². The summed E-state index contributed by atoms with van der Waals surface area (Å²) < 4.78 is 11.1. The average Bonchev–Trinajstić information content (AvgIpc) is 2.46. The first-order valence-electron chi connectivity index (χ1n) is 7.65. The van der Waals surface area contributed by atoms with Crippen LogP contribution in [0.15, 0.2) is 30.3 Å². The summed E-state index contributed by atoms with van der Waals surface area (Å²) in [4.78, 5) is 12.2. The van der Waals surface area contributed by atoms with Crippen LogP contribution in [0, 0.1) is 0 Å². The van der Waals surface area contributed by atoms with Gasteiger partial charge in [0.15, 0.2) is 0 Å². The molecule has 1 rings (SSSR count). The van der Waals surface area contributed by atoms with E-state index < -0.39 is 5.54 Å². The number of carbonyl (C=O) groups is 1. The number of ether oxygens (including phenoxy) is 2. The van der Waals surface area contributed by atoms with Crippen LogP contribution >= 0.6 is 0 Å². The van der Waals surface area contributed by atoms with Gasteiger partial charge in [0, 0.05) is 6.42 Å². The van der Waals surface area contributed by atoms with Gasteiger partial charge in [-0.05, 0) is 45.9 Å². The molecule has 1 aromatic rings. The molecule has 2 unspecified atom stereocenters. The van der Waals surface area contributed by atoms with Gasteiger partial charge in [-0.15, -0.1) is 0 Å². The fraction of sp³-hybridized carbons (Fsp3) is 0.588. The smallest absolute Gasteiger partial charge is 0.326 e. The molecule has 0 saturated heterocycles. The molecule has 0 aliphatic rings. The normalized spacial score (nSPS) is 15.0. The molecule has 0 spiro atoms. The summed E-state index contributed by atoms with van der Waals surface area (Å²) in [6.45, 7) is 8.90. The van der Waals surface area contributed by atoms with E-state index in [9.17, 15) is 4.79 Å². The second-order valence-electron chi connectivity index (χ2n) is 5.42. The number of benzene rings is 1. The Bertz CT molecular complexity index is 421. The Balaban J connectivity index is 2.68. The maximum atomic E-state index is 12.2. The van der Waals surface area contributed by atoms with Gasteiger partial charge in [0.25, 0.3) is 0 Å². The van der Waals surface area contributed by atoms with E-state index in [1.807, 2.05) is 51.1 Å². The number of nitrogens with one attached hydrogen (secondary N) is 1. The minimum absolute atomic E-state index is 0.0915. The molecular formula is C17H27NO3. The minimum atomic E-state index is -0.722. The summed E-state index contributed by atoms with van der Waals surface area (Å²) in [5.41, 5.74) is -0.722. The number of hydrogen-bond acceptors (Lipinski definition) is 4. The Kier molecular flexibility index (Phi) is 7.23. The Morgan fingerprint density at radius 2 is 1.95 bits per heavy atom. The summed E-state index contributed by atoms with van der Waals surface area (Å²) in [5.74, 6) is 0.591. The second kappa shape index (κ2) is 8.67. The van der Waals surface area contributed by atoms with Crippen molar-refractivity contribution in [3.05, 3.63) is 30.3 Å². The van der Waals surface area contributed by atoms with E-state index in [-0.39, 0.29) is 12.1 Å². The van der Waals surface area contributed by atoms with Crippen LogP contribution in [-0.4, -0.2) is 30.8 Å². The van der Waals surface area contributed by atoms with Crippen molar-refractivity contribution in [3.63, 3.8) is 0 Å². The summed E-state index contributed by atoms with van der Waals surface area (Å²) in [7, 11) is 0. The molecule has 0 amide bonds. The van der Waals surface area contributed by atoms with Crippen LogP contribution in [0.5, 0.6) is 5.75 Å². The molecule has 0 aromatic heterocycles. The SMILES string of the molecule is CCCNC(C)(CC(C)Oc1ccccc1)C(=O)OCC. The lowest BCUT2D eigenvalue weighted by molar-refractivity contribution is -0.151. The maximum Gasteiger partial charge on any atom is 0.326 e.